The average molecular weight is 256 g/mol. The summed E-state index contributed by atoms with van der Waals surface area (Å²) in [6.45, 7) is 15.1. The molecule has 0 aromatic carbocycles. The Labute approximate surface area is 113 Å². The molecule has 0 amide bonds. The topological polar surface area (TPSA) is 38.5 Å². The molecule has 3 heteroatoms. The highest BCUT2D eigenvalue weighted by molar-refractivity contribution is 4.94. The SMILES string of the molecule is CCCC(N)C(CC)N1CC(C)(C)OC(C)(C)C1. The molecule has 0 bridgehead atoms. The Hall–Kier alpha value is -0.120. The van der Waals surface area contributed by atoms with Gasteiger partial charge in [-0.2, -0.15) is 0 Å². The van der Waals surface area contributed by atoms with Crippen molar-refractivity contribution in [2.24, 2.45) is 5.73 Å². The number of nitrogens with zero attached hydrogens (tertiary/aromatic N) is 1. The van der Waals surface area contributed by atoms with Crippen LogP contribution in [-0.2, 0) is 4.74 Å². The van der Waals surface area contributed by atoms with Crippen molar-refractivity contribution in [3.05, 3.63) is 0 Å². The van der Waals surface area contributed by atoms with Gasteiger partial charge in [0.2, 0.25) is 0 Å². The maximum atomic E-state index is 6.36. The van der Waals surface area contributed by atoms with Gasteiger partial charge in [0.1, 0.15) is 0 Å². The van der Waals surface area contributed by atoms with E-state index in [9.17, 15) is 0 Å². The van der Waals surface area contributed by atoms with Crippen LogP contribution in [0.15, 0.2) is 0 Å². The second-order valence-corrected chi connectivity index (χ2v) is 6.95. The van der Waals surface area contributed by atoms with E-state index in [1.807, 2.05) is 0 Å². The van der Waals surface area contributed by atoms with Crippen molar-refractivity contribution >= 4 is 0 Å². The lowest BCUT2D eigenvalue weighted by Crippen LogP contribution is -2.62. The molecule has 2 N–H and O–H groups in total. The van der Waals surface area contributed by atoms with Crippen molar-refractivity contribution in [3.8, 4) is 0 Å². The van der Waals surface area contributed by atoms with E-state index in [4.69, 9.17) is 10.5 Å². The molecule has 0 aromatic rings. The lowest BCUT2D eigenvalue weighted by Gasteiger charge is -2.50. The van der Waals surface area contributed by atoms with E-state index in [-0.39, 0.29) is 17.2 Å². The normalized spacial score (nSPS) is 26.8. The molecule has 2 atom stereocenters. The molecule has 0 radical (unpaired) electrons. The zero-order valence-corrected chi connectivity index (χ0v) is 13.1. The highest BCUT2D eigenvalue weighted by Gasteiger charge is 2.41. The smallest absolute Gasteiger partial charge is 0.0760 e. The van der Waals surface area contributed by atoms with Gasteiger partial charge in [0, 0.05) is 25.2 Å². The Kier molecular flexibility index (Phi) is 5.22. The van der Waals surface area contributed by atoms with Gasteiger partial charge in [0.25, 0.3) is 0 Å². The zero-order chi connectivity index (χ0) is 14.0. The summed E-state index contributed by atoms with van der Waals surface area (Å²) >= 11 is 0. The van der Waals surface area contributed by atoms with E-state index < -0.39 is 0 Å². The molecule has 18 heavy (non-hydrogen) atoms. The van der Waals surface area contributed by atoms with Crippen LogP contribution in [0.2, 0.25) is 0 Å². The van der Waals surface area contributed by atoms with E-state index in [2.05, 4.69) is 46.4 Å². The number of ether oxygens (including phenoxy) is 1. The molecule has 0 aromatic heterocycles. The number of hydrogen-bond acceptors (Lipinski definition) is 3. The first kappa shape index (κ1) is 15.9. The summed E-state index contributed by atoms with van der Waals surface area (Å²) in [7, 11) is 0. The molecule has 1 aliphatic heterocycles. The van der Waals surface area contributed by atoms with Crippen molar-refractivity contribution in [2.75, 3.05) is 13.1 Å². The van der Waals surface area contributed by atoms with E-state index >= 15 is 0 Å². The molecule has 1 saturated heterocycles. The Morgan fingerprint density at radius 2 is 1.61 bits per heavy atom. The Balaban J connectivity index is 2.79. The first-order valence-corrected chi connectivity index (χ1v) is 7.40. The minimum Gasteiger partial charge on any atom is -0.367 e. The van der Waals surface area contributed by atoms with Gasteiger partial charge in [-0.05, 0) is 40.5 Å². The predicted molar refractivity (Wildman–Crippen MR) is 77.8 cm³/mol. The van der Waals surface area contributed by atoms with Crippen molar-refractivity contribution < 1.29 is 4.74 Å². The zero-order valence-electron chi connectivity index (χ0n) is 13.1. The van der Waals surface area contributed by atoms with Gasteiger partial charge in [-0.25, -0.2) is 0 Å². The van der Waals surface area contributed by atoms with Crippen LogP contribution in [0.1, 0.15) is 60.8 Å². The van der Waals surface area contributed by atoms with Crippen molar-refractivity contribution in [1.29, 1.82) is 0 Å². The van der Waals surface area contributed by atoms with E-state index in [1.165, 1.54) is 0 Å². The van der Waals surface area contributed by atoms with Crippen molar-refractivity contribution in [2.45, 2.75) is 84.1 Å². The fourth-order valence-corrected chi connectivity index (χ4v) is 3.44. The fraction of sp³-hybridized carbons (Fsp3) is 1.00. The third-order valence-corrected chi connectivity index (χ3v) is 3.72. The van der Waals surface area contributed by atoms with E-state index in [1.54, 1.807) is 0 Å². The van der Waals surface area contributed by atoms with Crippen LogP contribution in [0.4, 0.5) is 0 Å². The van der Waals surface area contributed by atoms with Crippen molar-refractivity contribution in [3.63, 3.8) is 0 Å². The quantitative estimate of drug-likeness (QED) is 0.822. The minimum atomic E-state index is -0.0822. The average Bonchev–Trinajstić information content (AvgIpc) is 2.13. The third kappa shape index (κ3) is 4.22. The maximum absolute atomic E-state index is 6.36. The van der Waals surface area contributed by atoms with Crippen LogP contribution in [0.3, 0.4) is 0 Å². The van der Waals surface area contributed by atoms with Crippen LogP contribution in [0, 0.1) is 0 Å². The number of morpholine rings is 1. The number of nitrogens with two attached hydrogens (primary N) is 1. The number of hydrogen-bond donors (Lipinski definition) is 1. The van der Waals surface area contributed by atoms with Gasteiger partial charge >= 0.3 is 0 Å². The summed E-state index contributed by atoms with van der Waals surface area (Å²) in [5.41, 5.74) is 6.20. The van der Waals surface area contributed by atoms with Crippen LogP contribution in [0.25, 0.3) is 0 Å². The predicted octanol–water partition coefficient (Wildman–Crippen LogP) is 2.78. The lowest BCUT2D eigenvalue weighted by molar-refractivity contribution is -0.189. The monoisotopic (exact) mass is 256 g/mol. The number of rotatable bonds is 5. The third-order valence-electron chi connectivity index (χ3n) is 3.72. The summed E-state index contributed by atoms with van der Waals surface area (Å²) in [5, 5.41) is 0. The second-order valence-electron chi connectivity index (χ2n) is 6.95. The maximum Gasteiger partial charge on any atom is 0.0760 e. The van der Waals surface area contributed by atoms with Crippen LogP contribution >= 0.6 is 0 Å². The van der Waals surface area contributed by atoms with Gasteiger partial charge in [0.05, 0.1) is 11.2 Å². The van der Waals surface area contributed by atoms with Gasteiger partial charge in [-0.3, -0.25) is 4.90 Å². The molecule has 1 rings (SSSR count). The Bertz CT molecular complexity index is 247. The van der Waals surface area contributed by atoms with Crippen LogP contribution in [-0.4, -0.2) is 41.3 Å². The summed E-state index contributed by atoms with van der Waals surface area (Å²) in [5.74, 6) is 0. The molecule has 3 nitrogen and oxygen atoms in total. The minimum absolute atomic E-state index is 0.0822. The van der Waals surface area contributed by atoms with Crippen LogP contribution in [0.5, 0.6) is 0 Å². The Morgan fingerprint density at radius 1 is 1.11 bits per heavy atom. The highest BCUT2D eigenvalue weighted by Crippen LogP contribution is 2.30. The molecule has 108 valence electrons. The molecule has 1 aliphatic rings. The Morgan fingerprint density at radius 3 is 2.00 bits per heavy atom. The second kappa shape index (κ2) is 5.89. The van der Waals surface area contributed by atoms with E-state index in [0.717, 1.165) is 32.4 Å². The molecule has 0 spiro atoms. The van der Waals surface area contributed by atoms with Gasteiger partial charge in [-0.1, -0.05) is 20.3 Å². The molecule has 0 saturated carbocycles. The van der Waals surface area contributed by atoms with Gasteiger partial charge < -0.3 is 10.5 Å². The lowest BCUT2D eigenvalue weighted by atomic mass is 9.93. The fourth-order valence-electron chi connectivity index (χ4n) is 3.44. The first-order valence-electron chi connectivity index (χ1n) is 7.40. The summed E-state index contributed by atoms with van der Waals surface area (Å²) in [6.07, 6.45) is 3.39. The molecular weight excluding hydrogens is 224 g/mol. The van der Waals surface area contributed by atoms with E-state index in [0.29, 0.717) is 6.04 Å². The summed E-state index contributed by atoms with van der Waals surface area (Å²) in [6, 6.07) is 0.761. The first-order chi connectivity index (χ1) is 8.21. The molecule has 0 aliphatic carbocycles. The molecule has 1 fully saturated rings. The molecular formula is C15H32N2O. The largest absolute Gasteiger partial charge is 0.367 e. The van der Waals surface area contributed by atoms with Gasteiger partial charge in [-0.15, -0.1) is 0 Å². The van der Waals surface area contributed by atoms with Crippen LogP contribution < -0.4 is 5.73 Å². The summed E-state index contributed by atoms with van der Waals surface area (Å²) < 4.78 is 6.14. The standard InChI is InChI=1S/C15H32N2O/c1-7-9-12(16)13(8-2)17-10-14(3,4)18-15(5,6)11-17/h12-13H,7-11,16H2,1-6H3. The highest BCUT2D eigenvalue weighted by atomic mass is 16.5. The summed E-state index contributed by atoms with van der Waals surface area (Å²) in [4.78, 5) is 2.55. The van der Waals surface area contributed by atoms with Gasteiger partial charge in [0.15, 0.2) is 0 Å². The molecule has 1 heterocycles. The molecule has 2 unspecified atom stereocenters. The van der Waals surface area contributed by atoms with Crippen molar-refractivity contribution in [1.82, 2.24) is 4.90 Å².